The van der Waals surface area contributed by atoms with Crippen LogP contribution in [0.15, 0.2) is 48.5 Å². The van der Waals surface area contributed by atoms with Crippen molar-refractivity contribution in [2.75, 3.05) is 27.3 Å². The van der Waals surface area contributed by atoms with Crippen molar-refractivity contribution >= 4 is 0 Å². The number of ether oxygens (including phenoxy) is 2. The molecule has 2 aromatic carbocycles. The second-order valence-electron chi connectivity index (χ2n) is 7.56. The number of rotatable bonds is 9. The lowest BCUT2D eigenvalue weighted by atomic mass is 9.77. The molecule has 0 aliphatic heterocycles. The molecule has 0 aromatic heterocycles. The Hall–Kier alpha value is -2.00. The average molecular weight is 368 g/mol. The predicted molar refractivity (Wildman–Crippen MR) is 112 cm³/mol. The van der Waals surface area contributed by atoms with Crippen LogP contribution < -0.4 is 14.8 Å². The van der Waals surface area contributed by atoms with Crippen LogP contribution in [0.5, 0.6) is 11.5 Å². The minimum Gasteiger partial charge on any atom is -0.493 e. The van der Waals surface area contributed by atoms with Crippen LogP contribution in [0.4, 0.5) is 0 Å². The van der Waals surface area contributed by atoms with Gasteiger partial charge in [0.25, 0.3) is 0 Å². The Morgan fingerprint density at radius 3 is 2.37 bits per heavy atom. The normalized spacial score (nSPS) is 16.1. The maximum atomic E-state index is 5.41. The van der Waals surface area contributed by atoms with Crippen molar-refractivity contribution in [1.82, 2.24) is 5.32 Å². The van der Waals surface area contributed by atoms with Gasteiger partial charge in [-0.25, -0.2) is 0 Å². The quantitative estimate of drug-likeness (QED) is 0.618. The van der Waals surface area contributed by atoms with Gasteiger partial charge in [-0.15, -0.1) is 0 Å². The Labute approximate surface area is 164 Å². The first-order valence-electron chi connectivity index (χ1n) is 10.3. The average Bonchev–Trinajstić information content (AvgIpc) is 2.74. The summed E-state index contributed by atoms with van der Waals surface area (Å²) in [4.78, 5) is 0. The van der Waals surface area contributed by atoms with Gasteiger partial charge >= 0.3 is 0 Å². The molecule has 2 aromatic rings. The van der Waals surface area contributed by atoms with E-state index in [0.717, 1.165) is 36.9 Å². The summed E-state index contributed by atoms with van der Waals surface area (Å²) in [6.07, 6.45) is 7.92. The molecule has 1 atom stereocenters. The van der Waals surface area contributed by atoms with Gasteiger partial charge in [0, 0.05) is 6.54 Å². The van der Waals surface area contributed by atoms with Gasteiger partial charge in [0.1, 0.15) is 0 Å². The smallest absolute Gasteiger partial charge is 0.160 e. The number of methoxy groups -OCH3 is 2. The summed E-state index contributed by atoms with van der Waals surface area (Å²) in [7, 11) is 3.36. The Morgan fingerprint density at radius 2 is 1.67 bits per heavy atom. The van der Waals surface area contributed by atoms with E-state index in [0.29, 0.717) is 5.92 Å². The molecule has 3 rings (SSSR count). The second-order valence-corrected chi connectivity index (χ2v) is 7.56. The summed E-state index contributed by atoms with van der Waals surface area (Å²) in [5.41, 5.74) is 2.76. The zero-order valence-corrected chi connectivity index (χ0v) is 16.7. The van der Waals surface area contributed by atoms with E-state index < -0.39 is 0 Å². The lowest BCUT2D eigenvalue weighted by Gasteiger charge is -2.31. The molecule has 0 bridgehead atoms. The highest BCUT2D eigenvalue weighted by molar-refractivity contribution is 5.42. The fraction of sp³-hybridized carbons (Fsp3) is 0.500. The summed E-state index contributed by atoms with van der Waals surface area (Å²) in [6.45, 7) is 2.04. The minimum absolute atomic E-state index is 0.622. The highest BCUT2D eigenvalue weighted by Crippen LogP contribution is 2.35. The summed E-state index contributed by atoms with van der Waals surface area (Å²) in [5, 5.41) is 3.72. The second kappa shape index (κ2) is 10.4. The van der Waals surface area contributed by atoms with E-state index in [1.54, 1.807) is 14.2 Å². The molecule has 1 aliphatic rings. The van der Waals surface area contributed by atoms with E-state index in [4.69, 9.17) is 9.47 Å². The maximum absolute atomic E-state index is 5.41. The van der Waals surface area contributed by atoms with E-state index in [1.807, 2.05) is 6.07 Å². The number of benzene rings is 2. The molecule has 0 saturated heterocycles. The van der Waals surface area contributed by atoms with E-state index in [-0.39, 0.29) is 0 Å². The largest absolute Gasteiger partial charge is 0.493 e. The van der Waals surface area contributed by atoms with Crippen molar-refractivity contribution in [2.24, 2.45) is 5.92 Å². The Balaban J connectivity index is 1.56. The van der Waals surface area contributed by atoms with Crippen molar-refractivity contribution in [2.45, 2.75) is 44.4 Å². The van der Waals surface area contributed by atoms with Gasteiger partial charge in [-0.1, -0.05) is 55.7 Å². The highest BCUT2D eigenvalue weighted by atomic mass is 16.5. The SMILES string of the molecule is COc1ccc(CCNCC(c2ccccc2)C2CCCCC2)cc1OC. The van der Waals surface area contributed by atoms with Crippen LogP contribution in [-0.2, 0) is 6.42 Å². The van der Waals surface area contributed by atoms with Crippen LogP contribution in [-0.4, -0.2) is 27.3 Å². The Morgan fingerprint density at radius 1 is 0.926 bits per heavy atom. The third-order valence-corrected chi connectivity index (χ3v) is 5.85. The van der Waals surface area contributed by atoms with Gasteiger partial charge in [-0.2, -0.15) is 0 Å². The molecule has 0 spiro atoms. The standard InChI is InChI=1S/C24H33NO2/c1-26-23-14-13-19(17-24(23)27-2)15-16-25-18-22(20-9-5-3-6-10-20)21-11-7-4-8-12-21/h3,5-6,9-10,13-14,17,21-22,25H,4,7-8,11-12,15-16,18H2,1-2H3. The minimum atomic E-state index is 0.622. The molecule has 146 valence electrons. The van der Waals surface area contributed by atoms with E-state index >= 15 is 0 Å². The first kappa shape index (κ1) is 19.8. The van der Waals surface area contributed by atoms with Gasteiger partial charge in [-0.05, 0) is 60.9 Å². The van der Waals surface area contributed by atoms with Crippen molar-refractivity contribution in [3.63, 3.8) is 0 Å². The summed E-state index contributed by atoms with van der Waals surface area (Å²) in [6, 6.07) is 17.3. The van der Waals surface area contributed by atoms with Crippen LogP contribution in [0.2, 0.25) is 0 Å². The molecular weight excluding hydrogens is 334 g/mol. The van der Waals surface area contributed by atoms with E-state index in [2.05, 4.69) is 47.8 Å². The van der Waals surface area contributed by atoms with Crippen LogP contribution in [0.25, 0.3) is 0 Å². The lowest BCUT2D eigenvalue weighted by Crippen LogP contribution is -2.29. The first-order chi connectivity index (χ1) is 13.3. The van der Waals surface area contributed by atoms with Crippen LogP contribution in [0, 0.1) is 5.92 Å². The summed E-state index contributed by atoms with van der Waals surface area (Å²) >= 11 is 0. The predicted octanol–water partition coefficient (Wildman–Crippen LogP) is 5.20. The van der Waals surface area contributed by atoms with Crippen molar-refractivity contribution in [3.8, 4) is 11.5 Å². The molecule has 1 fully saturated rings. The van der Waals surface area contributed by atoms with Gasteiger partial charge in [0.15, 0.2) is 11.5 Å². The lowest BCUT2D eigenvalue weighted by molar-refractivity contribution is 0.297. The molecule has 27 heavy (non-hydrogen) atoms. The fourth-order valence-corrected chi connectivity index (χ4v) is 4.32. The zero-order valence-electron chi connectivity index (χ0n) is 16.7. The number of hydrogen-bond acceptors (Lipinski definition) is 3. The molecule has 3 nitrogen and oxygen atoms in total. The highest BCUT2D eigenvalue weighted by Gasteiger charge is 2.24. The maximum Gasteiger partial charge on any atom is 0.160 e. The number of nitrogens with one attached hydrogen (secondary N) is 1. The summed E-state index contributed by atoms with van der Waals surface area (Å²) < 4.78 is 10.7. The van der Waals surface area contributed by atoms with Crippen molar-refractivity contribution < 1.29 is 9.47 Å². The fourth-order valence-electron chi connectivity index (χ4n) is 4.32. The molecule has 1 aliphatic carbocycles. The Bertz CT molecular complexity index is 680. The van der Waals surface area contributed by atoms with Crippen molar-refractivity contribution in [3.05, 3.63) is 59.7 Å². The zero-order chi connectivity index (χ0) is 18.9. The van der Waals surface area contributed by atoms with Crippen LogP contribution in [0.3, 0.4) is 0 Å². The number of hydrogen-bond donors (Lipinski definition) is 1. The molecule has 0 radical (unpaired) electrons. The summed E-state index contributed by atoms with van der Waals surface area (Å²) in [5.74, 6) is 3.03. The molecule has 0 heterocycles. The molecular formula is C24H33NO2. The van der Waals surface area contributed by atoms with Gasteiger partial charge < -0.3 is 14.8 Å². The van der Waals surface area contributed by atoms with Crippen LogP contribution in [0.1, 0.15) is 49.1 Å². The molecule has 1 N–H and O–H groups in total. The van der Waals surface area contributed by atoms with Gasteiger partial charge in [0.2, 0.25) is 0 Å². The third kappa shape index (κ3) is 5.49. The van der Waals surface area contributed by atoms with Gasteiger partial charge in [0.05, 0.1) is 14.2 Å². The van der Waals surface area contributed by atoms with Crippen LogP contribution >= 0.6 is 0 Å². The van der Waals surface area contributed by atoms with Gasteiger partial charge in [-0.3, -0.25) is 0 Å². The van der Waals surface area contributed by atoms with E-state index in [9.17, 15) is 0 Å². The topological polar surface area (TPSA) is 30.5 Å². The first-order valence-corrected chi connectivity index (χ1v) is 10.3. The third-order valence-electron chi connectivity index (χ3n) is 5.85. The molecule has 1 unspecified atom stereocenters. The van der Waals surface area contributed by atoms with Crippen molar-refractivity contribution in [1.29, 1.82) is 0 Å². The molecule has 0 amide bonds. The monoisotopic (exact) mass is 367 g/mol. The van der Waals surface area contributed by atoms with E-state index in [1.165, 1.54) is 43.2 Å². The molecule has 1 saturated carbocycles. The molecule has 3 heteroatoms. The Kier molecular flexibility index (Phi) is 7.58.